The molecule has 1 aromatic heterocycles. The van der Waals surface area contributed by atoms with Crippen molar-refractivity contribution in [3.8, 4) is 0 Å². The number of hydrogen-bond acceptors (Lipinski definition) is 2. The number of carbonyl (C=O) groups is 1. The Morgan fingerprint density at radius 3 is 2.54 bits per heavy atom. The number of ether oxygens (including phenoxy) is 1. The third-order valence-corrected chi connectivity index (χ3v) is 4.15. The van der Waals surface area contributed by atoms with Gasteiger partial charge in [0.05, 0.1) is 24.3 Å². The number of halogens is 3. The highest BCUT2D eigenvalue weighted by Gasteiger charge is 2.31. The first-order chi connectivity index (χ1) is 11.4. The van der Waals surface area contributed by atoms with E-state index in [1.54, 1.807) is 17.2 Å². The number of nitrogens with one attached hydrogen (secondary N) is 1. The maximum atomic E-state index is 12.6. The smallest absolute Gasteiger partial charge is 0.370 e. The van der Waals surface area contributed by atoms with Crippen LogP contribution >= 0.6 is 0 Å². The fraction of sp³-hybridized carbons (Fsp3) is 0.353. The standard InChI is InChI=1S/C17H17F3N2O2/c1-11-14(6-7-21-11)16(23)22-8-9-24-15(10-22)12-2-4-13(5-3-12)17(18,19)20/h2-7,15,21H,8-10H2,1H3/t15-/m0/s1. The van der Waals surface area contributed by atoms with Crippen molar-refractivity contribution in [3.05, 3.63) is 58.9 Å². The molecule has 0 aliphatic carbocycles. The van der Waals surface area contributed by atoms with Gasteiger partial charge >= 0.3 is 6.18 Å². The molecule has 1 saturated heterocycles. The lowest BCUT2D eigenvalue weighted by Crippen LogP contribution is -2.42. The van der Waals surface area contributed by atoms with Crippen molar-refractivity contribution >= 4 is 5.91 Å². The number of hydrogen-bond donors (Lipinski definition) is 1. The molecule has 128 valence electrons. The van der Waals surface area contributed by atoms with E-state index in [2.05, 4.69) is 4.98 Å². The normalized spacial score (nSPS) is 18.7. The van der Waals surface area contributed by atoms with Crippen molar-refractivity contribution in [2.45, 2.75) is 19.2 Å². The third kappa shape index (κ3) is 3.31. The zero-order chi connectivity index (χ0) is 17.3. The van der Waals surface area contributed by atoms with E-state index in [9.17, 15) is 18.0 Å². The molecular formula is C17H17F3N2O2. The number of rotatable bonds is 2. The van der Waals surface area contributed by atoms with Crippen molar-refractivity contribution in [1.82, 2.24) is 9.88 Å². The monoisotopic (exact) mass is 338 g/mol. The molecule has 1 amide bonds. The van der Waals surface area contributed by atoms with Gasteiger partial charge < -0.3 is 14.6 Å². The van der Waals surface area contributed by atoms with E-state index in [0.717, 1.165) is 17.8 Å². The molecule has 1 atom stereocenters. The second-order valence-corrected chi connectivity index (χ2v) is 5.75. The minimum atomic E-state index is -4.36. The van der Waals surface area contributed by atoms with Crippen LogP contribution in [0.3, 0.4) is 0 Å². The van der Waals surface area contributed by atoms with Crippen molar-refractivity contribution in [2.24, 2.45) is 0 Å². The molecule has 1 aromatic carbocycles. The summed E-state index contributed by atoms with van der Waals surface area (Å²) in [7, 11) is 0. The maximum Gasteiger partial charge on any atom is 0.416 e. The lowest BCUT2D eigenvalue weighted by molar-refractivity contribution is -0.137. The van der Waals surface area contributed by atoms with Crippen LogP contribution in [0.15, 0.2) is 36.5 Å². The first-order valence-electron chi connectivity index (χ1n) is 7.58. The van der Waals surface area contributed by atoms with Crippen LogP contribution in [0.4, 0.5) is 13.2 Å². The Morgan fingerprint density at radius 2 is 1.96 bits per heavy atom. The van der Waals surface area contributed by atoms with Crippen LogP contribution in [0.1, 0.15) is 33.3 Å². The Bertz CT molecular complexity index is 722. The van der Waals surface area contributed by atoms with Gasteiger partial charge in [0.25, 0.3) is 5.91 Å². The molecule has 7 heteroatoms. The molecule has 1 N–H and O–H groups in total. The number of carbonyl (C=O) groups excluding carboxylic acids is 1. The van der Waals surface area contributed by atoms with Crippen LogP contribution < -0.4 is 0 Å². The Balaban J connectivity index is 1.74. The van der Waals surface area contributed by atoms with Crippen molar-refractivity contribution in [2.75, 3.05) is 19.7 Å². The maximum absolute atomic E-state index is 12.6. The Kier molecular flexibility index (Phi) is 4.36. The molecule has 1 aliphatic rings. The molecule has 0 saturated carbocycles. The van der Waals surface area contributed by atoms with Gasteiger partial charge in [-0.05, 0) is 30.7 Å². The summed E-state index contributed by atoms with van der Waals surface area (Å²) in [6.07, 6.45) is -3.08. The minimum Gasteiger partial charge on any atom is -0.370 e. The van der Waals surface area contributed by atoms with E-state index in [1.807, 2.05) is 6.92 Å². The molecule has 0 bridgehead atoms. The van der Waals surface area contributed by atoms with Crippen LogP contribution in [0.25, 0.3) is 0 Å². The van der Waals surface area contributed by atoms with Gasteiger partial charge in [0.2, 0.25) is 0 Å². The summed E-state index contributed by atoms with van der Waals surface area (Å²) in [4.78, 5) is 17.2. The fourth-order valence-electron chi connectivity index (χ4n) is 2.78. The highest BCUT2D eigenvalue weighted by Crippen LogP contribution is 2.31. The van der Waals surface area contributed by atoms with E-state index < -0.39 is 17.8 Å². The minimum absolute atomic E-state index is 0.103. The molecular weight excluding hydrogens is 321 g/mol. The Morgan fingerprint density at radius 1 is 1.25 bits per heavy atom. The zero-order valence-electron chi connectivity index (χ0n) is 13.1. The number of nitrogens with zero attached hydrogens (tertiary/aromatic N) is 1. The van der Waals surface area contributed by atoms with Gasteiger partial charge in [0.15, 0.2) is 0 Å². The van der Waals surface area contributed by atoms with Gasteiger partial charge in [-0.1, -0.05) is 12.1 Å². The topological polar surface area (TPSA) is 45.3 Å². The molecule has 2 aromatic rings. The third-order valence-electron chi connectivity index (χ3n) is 4.15. The summed E-state index contributed by atoms with van der Waals surface area (Å²) in [5.74, 6) is -0.103. The van der Waals surface area contributed by atoms with Gasteiger partial charge in [0.1, 0.15) is 6.10 Å². The number of alkyl halides is 3. The molecule has 0 radical (unpaired) electrons. The number of amides is 1. The summed E-state index contributed by atoms with van der Waals surface area (Å²) in [5.41, 5.74) is 1.32. The van der Waals surface area contributed by atoms with Gasteiger partial charge in [-0.25, -0.2) is 0 Å². The molecule has 2 heterocycles. The van der Waals surface area contributed by atoms with E-state index in [1.165, 1.54) is 12.1 Å². The Hall–Kier alpha value is -2.28. The summed E-state index contributed by atoms with van der Waals surface area (Å²) in [6, 6.07) is 6.61. The van der Waals surface area contributed by atoms with Gasteiger partial charge in [-0.2, -0.15) is 13.2 Å². The van der Waals surface area contributed by atoms with Crippen molar-refractivity contribution < 1.29 is 22.7 Å². The SMILES string of the molecule is Cc1[nH]ccc1C(=O)N1CCO[C@H](c2ccc(C(F)(F)F)cc2)C1. The van der Waals surface area contributed by atoms with Crippen LogP contribution in [0, 0.1) is 6.92 Å². The Labute approximate surface area is 137 Å². The van der Waals surface area contributed by atoms with Crippen LogP contribution in [-0.2, 0) is 10.9 Å². The molecule has 1 fully saturated rings. The largest absolute Gasteiger partial charge is 0.416 e. The number of benzene rings is 1. The lowest BCUT2D eigenvalue weighted by atomic mass is 10.0. The van der Waals surface area contributed by atoms with E-state index in [0.29, 0.717) is 30.8 Å². The fourth-order valence-corrected chi connectivity index (χ4v) is 2.78. The predicted octanol–water partition coefficient (Wildman–Crippen LogP) is 3.56. The highest BCUT2D eigenvalue weighted by molar-refractivity contribution is 5.95. The molecule has 24 heavy (non-hydrogen) atoms. The number of aryl methyl sites for hydroxylation is 1. The lowest BCUT2D eigenvalue weighted by Gasteiger charge is -2.33. The first kappa shape index (κ1) is 16.6. The number of H-pyrrole nitrogens is 1. The van der Waals surface area contributed by atoms with Crippen molar-refractivity contribution in [1.29, 1.82) is 0 Å². The number of morpholine rings is 1. The zero-order valence-corrected chi connectivity index (χ0v) is 13.1. The molecule has 4 nitrogen and oxygen atoms in total. The van der Waals surface area contributed by atoms with Gasteiger partial charge in [0, 0.05) is 18.4 Å². The molecule has 0 spiro atoms. The summed E-state index contributed by atoms with van der Waals surface area (Å²) >= 11 is 0. The number of aromatic nitrogens is 1. The van der Waals surface area contributed by atoms with E-state index in [4.69, 9.17) is 4.74 Å². The van der Waals surface area contributed by atoms with Crippen LogP contribution in [0.2, 0.25) is 0 Å². The highest BCUT2D eigenvalue weighted by atomic mass is 19.4. The van der Waals surface area contributed by atoms with Gasteiger partial charge in [-0.15, -0.1) is 0 Å². The van der Waals surface area contributed by atoms with Crippen molar-refractivity contribution in [3.63, 3.8) is 0 Å². The summed E-state index contributed by atoms with van der Waals surface area (Å²) in [6.45, 7) is 2.94. The second kappa shape index (κ2) is 6.32. The first-order valence-corrected chi connectivity index (χ1v) is 7.58. The van der Waals surface area contributed by atoms with Crippen LogP contribution in [0.5, 0.6) is 0 Å². The quantitative estimate of drug-likeness (QED) is 0.910. The van der Waals surface area contributed by atoms with E-state index >= 15 is 0 Å². The molecule has 0 unspecified atom stereocenters. The van der Waals surface area contributed by atoms with Gasteiger partial charge in [-0.3, -0.25) is 4.79 Å². The average Bonchev–Trinajstić information content (AvgIpc) is 3.00. The molecule has 3 rings (SSSR count). The number of aromatic amines is 1. The van der Waals surface area contributed by atoms with Crippen LogP contribution in [-0.4, -0.2) is 35.5 Å². The summed E-state index contributed by atoms with van der Waals surface area (Å²) < 4.78 is 43.5. The van der Waals surface area contributed by atoms with E-state index in [-0.39, 0.29) is 5.91 Å². The second-order valence-electron chi connectivity index (χ2n) is 5.75. The molecule has 1 aliphatic heterocycles. The predicted molar refractivity (Wildman–Crippen MR) is 81.6 cm³/mol. The summed E-state index contributed by atoms with van der Waals surface area (Å²) in [5, 5.41) is 0. The average molecular weight is 338 g/mol.